The Kier molecular flexibility index (Phi) is 4.49. The van der Waals surface area contributed by atoms with Crippen molar-refractivity contribution in [1.82, 2.24) is 9.80 Å². The van der Waals surface area contributed by atoms with E-state index in [1.807, 2.05) is 18.0 Å². The lowest BCUT2D eigenvalue weighted by molar-refractivity contribution is -0.203. The van der Waals surface area contributed by atoms with E-state index in [4.69, 9.17) is 4.74 Å². The molecule has 7 atom stereocenters. The number of ether oxygens (including phenoxy) is 1. The first-order valence-corrected chi connectivity index (χ1v) is 14.7. The van der Waals surface area contributed by atoms with Crippen LogP contribution in [0.4, 0.5) is 0 Å². The second-order valence-electron chi connectivity index (χ2n) is 12.6. The molecule has 2 aliphatic heterocycles. The van der Waals surface area contributed by atoms with E-state index in [1.165, 1.54) is 5.56 Å². The molecule has 3 unspecified atom stereocenters. The number of likely N-dealkylation sites (tertiary alicyclic amines) is 1. The lowest BCUT2D eigenvalue weighted by atomic mass is 9.48. The van der Waals surface area contributed by atoms with Crippen molar-refractivity contribution in [1.29, 1.82) is 0 Å². The molecule has 7 nitrogen and oxygen atoms in total. The summed E-state index contributed by atoms with van der Waals surface area (Å²) in [5, 5.41) is 38.4. The van der Waals surface area contributed by atoms with Crippen molar-refractivity contribution in [3.63, 3.8) is 0 Å². The van der Waals surface area contributed by atoms with Gasteiger partial charge < -0.3 is 25.0 Å². The molecule has 1 aromatic carbocycles. The van der Waals surface area contributed by atoms with Crippen LogP contribution in [0.5, 0.6) is 11.5 Å². The number of hydrogen-bond donors (Lipinski definition) is 3. The molecule has 3 N–H and O–H groups in total. The minimum atomic E-state index is -1.04. The molecule has 8 rings (SSSR count). The first-order chi connectivity index (χ1) is 17.8. The van der Waals surface area contributed by atoms with Crippen LogP contribution in [0.1, 0.15) is 61.1 Å². The van der Waals surface area contributed by atoms with Crippen LogP contribution in [0.3, 0.4) is 0 Å². The number of carbonyl (C=O) groups excluding carboxylic acids is 1. The maximum Gasteiger partial charge on any atom is 0.226 e. The topological polar surface area (TPSA) is 93.5 Å². The molecule has 2 bridgehead atoms. The summed E-state index contributed by atoms with van der Waals surface area (Å²) in [6.45, 7) is 1.35. The zero-order valence-corrected chi connectivity index (χ0v) is 21.9. The largest absolute Gasteiger partial charge is 0.504 e. The van der Waals surface area contributed by atoms with Crippen molar-refractivity contribution in [3.05, 3.63) is 45.6 Å². The van der Waals surface area contributed by atoms with E-state index in [0.717, 1.165) is 36.9 Å². The standard InChI is InChI=1S/C29H34N2O5S/c1-30(26(33)19-13-18(19)17-5-11-37-14-17)20-4-6-29(35)22-12-16-2-3-21(32)24-23(16)28(29,25(20)36-24)9-10-31(22)15-27(34)7-8-27/h2-3,5,11,14,18-20,22,25,32,34-35H,4,6-10,12-13,15H2,1H3/t18?,19?,20-,22?,25-,28-,29+/m0/s1. The van der Waals surface area contributed by atoms with Gasteiger partial charge in [0.15, 0.2) is 11.5 Å². The third kappa shape index (κ3) is 2.90. The Morgan fingerprint density at radius 3 is 2.81 bits per heavy atom. The van der Waals surface area contributed by atoms with Crippen LogP contribution in [0.25, 0.3) is 0 Å². The van der Waals surface area contributed by atoms with Gasteiger partial charge >= 0.3 is 0 Å². The maximum absolute atomic E-state index is 13.7. The number of phenols is 1. The summed E-state index contributed by atoms with van der Waals surface area (Å²) in [7, 11) is 1.90. The van der Waals surface area contributed by atoms with E-state index in [9.17, 15) is 20.1 Å². The summed E-state index contributed by atoms with van der Waals surface area (Å²) >= 11 is 1.67. The quantitative estimate of drug-likeness (QED) is 0.559. The number of phenolic OH excluding ortho intramolecular Hbond substituents is 1. The highest BCUT2D eigenvalue weighted by Gasteiger charge is 2.74. The van der Waals surface area contributed by atoms with Crippen LogP contribution in [0, 0.1) is 5.92 Å². The highest BCUT2D eigenvalue weighted by molar-refractivity contribution is 7.08. The van der Waals surface area contributed by atoms with Crippen LogP contribution in [-0.4, -0.2) is 80.6 Å². The molecule has 4 fully saturated rings. The average Bonchev–Trinajstić information content (AvgIpc) is 3.71. The van der Waals surface area contributed by atoms with Crippen molar-refractivity contribution in [2.75, 3.05) is 20.1 Å². The number of amides is 1. The number of benzene rings is 1. The van der Waals surface area contributed by atoms with Crippen LogP contribution < -0.4 is 4.74 Å². The highest BCUT2D eigenvalue weighted by atomic mass is 32.1. The third-order valence-electron chi connectivity index (χ3n) is 10.8. The smallest absolute Gasteiger partial charge is 0.226 e. The molecule has 8 heteroatoms. The van der Waals surface area contributed by atoms with Crippen molar-refractivity contribution in [2.45, 2.75) is 85.7 Å². The number of aliphatic hydroxyl groups is 2. The van der Waals surface area contributed by atoms with E-state index < -0.39 is 22.7 Å². The summed E-state index contributed by atoms with van der Waals surface area (Å²) in [4.78, 5) is 17.9. The van der Waals surface area contributed by atoms with Gasteiger partial charge in [-0.3, -0.25) is 9.69 Å². The van der Waals surface area contributed by atoms with E-state index in [-0.39, 0.29) is 29.7 Å². The lowest BCUT2D eigenvalue weighted by Crippen LogP contribution is -2.78. The molecule has 196 valence electrons. The van der Waals surface area contributed by atoms with Gasteiger partial charge in [-0.05, 0) is 91.4 Å². The Balaban J connectivity index is 1.16. The number of aromatic hydroxyl groups is 1. The molecule has 3 saturated carbocycles. The zero-order chi connectivity index (χ0) is 25.3. The molecule has 1 amide bonds. The molecule has 1 aromatic heterocycles. The second-order valence-corrected chi connectivity index (χ2v) is 13.4. The average molecular weight is 523 g/mol. The van der Waals surface area contributed by atoms with Gasteiger partial charge in [0.1, 0.15) is 6.10 Å². The summed E-state index contributed by atoms with van der Waals surface area (Å²) in [6.07, 6.45) is 4.71. The van der Waals surface area contributed by atoms with Crippen LogP contribution in [-0.2, 0) is 16.6 Å². The zero-order valence-electron chi connectivity index (χ0n) is 21.1. The molecule has 37 heavy (non-hydrogen) atoms. The maximum atomic E-state index is 13.7. The van der Waals surface area contributed by atoms with Gasteiger partial charge in [0.25, 0.3) is 0 Å². The number of rotatable bonds is 5. The van der Waals surface area contributed by atoms with Gasteiger partial charge in [-0.2, -0.15) is 11.3 Å². The van der Waals surface area contributed by atoms with Crippen molar-refractivity contribution in [3.8, 4) is 11.5 Å². The normalized spacial score (nSPS) is 40.0. The molecule has 6 aliphatic rings. The fourth-order valence-corrected chi connectivity index (χ4v) is 9.34. The van der Waals surface area contributed by atoms with Gasteiger partial charge in [-0.15, -0.1) is 0 Å². The minimum absolute atomic E-state index is 0.00545. The van der Waals surface area contributed by atoms with E-state index >= 15 is 0 Å². The van der Waals surface area contributed by atoms with E-state index in [0.29, 0.717) is 43.9 Å². The fourth-order valence-electron chi connectivity index (χ4n) is 8.62. The summed E-state index contributed by atoms with van der Waals surface area (Å²) < 4.78 is 6.64. The number of likely N-dealkylation sites (N-methyl/N-ethyl adjacent to an activating group) is 1. The third-order valence-corrected chi connectivity index (χ3v) is 11.5. The molecule has 3 heterocycles. The number of nitrogens with zero attached hydrogens (tertiary/aromatic N) is 2. The Morgan fingerprint density at radius 1 is 1.22 bits per heavy atom. The monoisotopic (exact) mass is 522 g/mol. The fraction of sp³-hybridized carbons (Fsp3) is 0.621. The summed E-state index contributed by atoms with van der Waals surface area (Å²) in [5.74, 6) is 1.08. The first kappa shape index (κ1) is 22.8. The Morgan fingerprint density at radius 2 is 2.05 bits per heavy atom. The van der Waals surface area contributed by atoms with E-state index in [1.54, 1.807) is 17.4 Å². The van der Waals surface area contributed by atoms with Crippen molar-refractivity contribution in [2.24, 2.45) is 5.92 Å². The van der Waals surface area contributed by atoms with Gasteiger partial charge in [0.05, 0.1) is 22.7 Å². The van der Waals surface area contributed by atoms with Gasteiger partial charge in [0.2, 0.25) is 5.91 Å². The predicted octanol–water partition coefficient (Wildman–Crippen LogP) is 2.76. The number of β-amino-alcohol motifs (C(OH)–C–C–N with tert-alkyl or cyclic N) is 1. The molecular formula is C29H34N2O5S. The number of hydrogen-bond acceptors (Lipinski definition) is 7. The van der Waals surface area contributed by atoms with E-state index in [2.05, 4.69) is 21.7 Å². The van der Waals surface area contributed by atoms with Gasteiger partial charge in [-0.1, -0.05) is 6.07 Å². The Bertz CT molecular complexity index is 1290. The molecule has 1 spiro atoms. The molecule has 0 radical (unpaired) electrons. The predicted molar refractivity (Wildman–Crippen MR) is 138 cm³/mol. The van der Waals surface area contributed by atoms with Gasteiger partial charge in [-0.25, -0.2) is 0 Å². The first-order valence-electron chi connectivity index (χ1n) is 13.8. The highest BCUT2D eigenvalue weighted by Crippen LogP contribution is 2.66. The number of carbonyl (C=O) groups is 1. The molecular weight excluding hydrogens is 488 g/mol. The molecule has 4 aliphatic carbocycles. The van der Waals surface area contributed by atoms with Crippen molar-refractivity contribution >= 4 is 17.2 Å². The molecule has 1 saturated heterocycles. The van der Waals surface area contributed by atoms with Gasteiger partial charge in [0, 0.05) is 31.1 Å². The second kappa shape index (κ2) is 7.29. The summed E-state index contributed by atoms with van der Waals surface area (Å²) in [5.41, 5.74) is 1.01. The molecule has 2 aromatic rings. The Hall–Kier alpha value is -2.13. The SMILES string of the molecule is CN(C(=O)C1CC1c1ccsc1)[C@H]1CC[C@@]2(O)C3Cc4ccc(O)c5c4[C@@]2(CCN3CC2(O)CC2)[C@H]1O5. The lowest BCUT2D eigenvalue weighted by Gasteiger charge is -2.64. The Labute approximate surface area is 220 Å². The number of piperidine rings is 1. The van der Waals surface area contributed by atoms with Crippen LogP contribution in [0.15, 0.2) is 29.0 Å². The number of thiophene rings is 1. The van der Waals surface area contributed by atoms with Crippen LogP contribution >= 0.6 is 11.3 Å². The minimum Gasteiger partial charge on any atom is -0.504 e. The van der Waals surface area contributed by atoms with Crippen LogP contribution in [0.2, 0.25) is 0 Å². The summed E-state index contributed by atoms with van der Waals surface area (Å²) in [6, 6.07) is 5.53. The van der Waals surface area contributed by atoms with Crippen molar-refractivity contribution < 1.29 is 24.9 Å².